The van der Waals surface area contributed by atoms with Gasteiger partial charge in [0.05, 0.1) is 0 Å². The van der Waals surface area contributed by atoms with Gasteiger partial charge >= 0.3 is 0 Å². The molecule has 2 bridgehead atoms. The third-order valence-electron chi connectivity index (χ3n) is 6.11. The first-order chi connectivity index (χ1) is 9.72. The van der Waals surface area contributed by atoms with Gasteiger partial charge in [-0.05, 0) is 49.8 Å². The molecule has 1 saturated heterocycles. The van der Waals surface area contributed by atoms with Crippen molar-refractivity contribution < 1.29 is 0 Å². The molecule has 0 unspecified atom stereocenters. The topological polar surface area (TPSA) is 3.24 Å². The van der Waals surface area contributed by atoms with Gasteiger partial charge in [-0.15, -0.1) is 0 Å². The van der Waals surface area contributed by atoms with Crippen molar-refractivity contribution in [1.82, 2.24) is 4.90 Å². The van der Waals surface area contributed by atoms with Gasteiger partial charge in [0, 0.05) is 24.9 Å². The highest BCUT2D eigenvalue weighted by atomic mass is 15.2. The summed E-state index contributed by atoms with van der Waals surface area (Å²) < 4.78 is 0. The van der Waals surface area contributed by atoms with Crippen LogP contribution in [0, 0.1) is 11.8 Å². The largest absolute Gasteiger partial charge is 0.303 e. The summed E-state index contributed by atoms with van der Waals surface area (Å²) in [5.74, 6) is 3.13. The van der Waals surface area contributed by atoms with Crippen LogP contribution in [0.2, 0.25) is 0 Å². The van der Waals surface area contributed by atoms with E-state index in [2.05, 4.69) is 49.9 Å². The molecule has 106 valence electrons. The molecule has 5 rings (SSSR count). The Morgan fingerprint density at radius 1 is 0.950 bits per heavy atom. The Balaban J connectivity index is 1.80. The van der Waals surface area contributed by atoms with E-state index in [0.717, 1.165) is 11.8 Å². The predicted molar refractivity (Wildman–Crippen MR) is 84.0 cm³/mol. The van der Waals surface area contributed by atoms with Crippen molar-refractivity contribution in [3.05, 3.63) is 46.5 Å². The lowest BCUT2D eigenvalue weighted by Gasteiger charge is -2.48. The number of likely N-dealkylation sites (tertiary alicyclic amines) is 1. The SMILES string of the molecule is CCCN1C[C@@H]2[C@H](C1)[C@H]1C(C)=C(C)[C@@H]2c2ccccc21. The van der Waals surface area contributed by atoms with Crippen molar-refractivity contribution in [2.24, 2.45) is 11.8 Å². The number of nitrogens with zero attached hydrogens (tertiary/aromatic N) is 1. The highest BCUT2D eigenvalue weighted by Crippen LogP contribution is 2.59. The molecular weight excluding hydrogens is 242 g/mol. The number of benzene rings is 1. The molecule has 20 heavy (non-hydrogen) atoms. The van der Waals surface area contributed by atoms with E-state index in [1.165, 1.54) is 26.1 Å². The van der Waals surface area contributed by atoms with Gasteiger partial charge in [-0.25, -0.2) is 0 Å². The average molecular weight is 267 g/mol. The van der Waals surface area contributed by atoms with Crippen LogP contribution in [0.4, 0.5) is 0 Å². The van der Waals surface area contributed by atoms with Crippen molar-refractivity contribution >= 4 is 0 Å². The van der Waals surface area contributed by atoms with Crippen molar-refractivity contribution in [1.29, 1.82) is 0 Å². The van der Waals surface area contributed by atoms with Crippen LogP contribution in [0.1, 0.15) is 50.2 Å². The van der Waals surface area contributed by atoms with Crippen LogP contribution in [0.5, 0.6) is 0 Å². The number of hydrogen-bond acceptors (Lipinski definition) is 1. The van der Waals surface area contributed by atoms with Gasteiger partial charge in [-0.1, -0.05) is 42.3 Å². The molecule has 0 saturated carbocycles. The fourth-order valence-corrected chi connectivity index (χ4v) is 5.28. The number of rotatable bonds is 2. The first-order valence-electron chi connectivity index (χ1n) is 8.20. The molecule has 1 heteroatoms. The first kappa shape index (κ1) is 12.6. The summed E-state index contributed by atoms with van der Waals surface area (Å²) in [5, 5.41) is 0. The molecule has 4 atom stereocenters. The summed E-state index contributed by atoms with van der Waals surface area (Å²) in [4.78, 5) is 2.72. The Kier molecular flexibility index (Phi) is 2.82. The molecule has 0 aromatic heterocycles. The van der Waals surface area contributed by atoms with Gasteiger partial charge in [0.1, 0.15) is 0 Å². The summed E-state index contributed by atoms with van der Waals surface area (Å²) in [5.41, 5.74) is 6.63. The molecular formula is C19H25N. The lowest BCUT2D eigenvalue weighted by atomic mass is 9.56. The summed E-state index contributed by atoms with van der Waals surface area (Å²) >= 11 is 0. The molecule has 1 aromatic carbocycles. The van der Waals surface area contributed by atoms with Crippen molar-refractivity contribution in [3.8, 4) is 0 Å². The molecule has 1 heterocycles. The van der Waals surface area contributed by atoms with E-state index in [1.807, 2.05) is 0 Å². The standard InChI is InChI=1S/C19H25N/c1-4-9-20-10-16-17(11-20)19-13(3)12(2)18(16)14-7-5-6-8-15(14)19/h5-8,16-19H,4,9-11H2,1-3H3/t16-,17+,18-,19+. The Hall–Kier alpha value is -1.08. The molecule has 1 fully saturated rings. The zero-order valence-electron chi connectivity index (χ0n) is 12.9. The highest BCUT2D eigenvalue weighted by Gasteiger charge is 2.51. The van der Waals surface area contributed by atoms with Crippen LogP contribution in [0.25, 0.3) is 0 Å². The maximum atomic E-state index is 2.72. The minimum Gasteiger partial charge on any atom is -0.303 e. The van der Waals surface area contributed by atoms with Crippen molar-refractivity contribution in [3.63, 3.8) is 0 Å². The monoisotopic (exact) mass is 267 g/mol. The maximum absolute atomic E-state index is 2.72. The smallest absolute Gasteiger partial charge is 0.00950 e. The van der Waals surface area contributed by atoms with Gasteiger partial charge in [0.25, 0.3) is 0 Å². The van der Waals surface area contributed by atoms with Crippen LogP contribution in [-0.2, 0) is 0 Å². The Labute approximate surface area is 122 Å². The second kappa shape index (κ2) is 4.46. The Morgan fingerprint density at radius 2 is 1.45 bits per heavy atom. The van der Waals surface area contributed by atoms with Gasteiger partial charge in [-0.3, -0.25) is 0 Å². The Bertz CT molecular complexity index is 524. The van der Waals surface area contributed by atoms with Crippen LogP contribution in [0.3, 0.4) is 0 Å². The molecule has 1 aliphatic heterocycles. The molecule has 0 N–H and O–H groups in total. The van der Waals surface area contributed by atoms with E-state index in [1.54, 1.807) is 22.3 Å². The fraction of sp³-hybridized carbons (Fsp3) is 0.579. The van der Waals surface area contributed by atoms with Gasteiger partial charge in [0.15, 0.2) is 0 Å². The molecule has 0 spiro atoms. The minimum atomic E-state index is 0.697. The van der Waals surface area contributed by atoms with Crippen LogP contribution in [-0.4, -0.2) is 24.5 Å². The maximum Gasteiger partial charge on any atom is 0.00950 e. The Morgan fingerprint density at radius 3 is 1.90 bits per heavy atom. The van der Waals surface area contributed by atoms with E-state index < -0.39 is 0 Å². The summed E-state index contributed by atoms with van der Waals surface area (Å²) in [6.45, 7) is 11.0. The van der Waals surface area contributed by atoms with Crippen LogP contribution in [0.15, 0.2) is 35.4 Å². The zero-order chi connectivity index (χ0) is 13.9. The van der Waals surface area contributed by atoms with E-state index in [-0.39, 0.29) is 0 Å². The lowest BCUT2D eigenvalue weighted by Crippen LogP contribution is -2.38. The molecule has 1 nitrogen and oxygen atoms in total. The lowest BCUT2D eigenvalue weighted by molar-refractivity contribution is 0.288. The van der Waals surface area contributed by atoms with Crippen LogP contribution < -0.4 is 0 Å². The molecule has 4 aliphatic rings. The van der Waals surface area contributed by atoms with Crippen molar-refractivity contribution in [2.75, 3.05) is 19.6 Å². The van der Waals surface area contributed by atoms with E-state index in [9.17, 15) is 0 Å². The number of hydrogen-bond donors (Lipinski definition) is 0. The average Bonchev–Trinajstić information content (AvgIpc) is 2.86. The third kappa shape index (κ3) is 1.53. The van der Waals surface area contributed by atoms with Crippen LogP contribution >= 0.6 is 0 Å². The normalized spacial score (nSPS) is 35.4. The second-order valence-corrected chi connectivity index (χ2v) is 7.04. The van der Waals surface area contributed by atoms with Gasteiger partial charge in [0.2, 0.25) is 0 Å². The van der Waals surface area contributed by atoms with E-state index >= 15 is 0 Å². The van der Waals surface area contributed by atoms with Gasteiger partial charge in [-0.2, -0.15) is 0 Å². The van der Waals surface area contributed by atoms with Gasteiger partial charge < -0.3 is 4.90 Å². The summed E-state index contributed by atoms with van der Waals surface area (Å²) in [6, 6.07) is 9.25. The zero-order valence-corrected chi connectivity index (χ0v) is 12.9. The number of allylic oxidation sites excluding steroid dienone is 2. The second-order valence-electron chi connectivity index (χ2n) is 7.04. The molecule has 1 aromatic rings. The fourth-order valence-electron chi connectivity index (χ4n) is 5.28. The predicted octanol–water partition coefficient (Wildman–Crippen LogP) is 4.18. The quantitative estimate of drug-likeness (QED) is 0.727. The molecule has 3 aliphatic carbocycles. The van der Waals surface area contributed by atoms with E-state index in [4.69, 9.17) is 0 Å². The minimum absolute atomic E-state index is 0.697. The third-order valence-corrected chi connectivity index (χ3v) is 6.11. The molecule has 0 radical (unpaired) electrons. The summed E-state index contributed by atoms with van der Waals surface area (Å²) in [7, 11) is 0. The summed E-state index contributed by atoms with van der Waals surface area (Å²) in [6.07, 6.45) is 1.28. The van der Waals surface area contributed by atoms with E-state index in [0.29, 0.717) is 11.8 Å². The molecule has 0 amide bonds. The highest BCUT2D eigenvalue weighted by molar-refractivity contribution is 5.52. The first-order valence-corrected chi connectivity index (χ1v) is 8.20. The van der Waals surface area contributed by atoms with Crippen molar-refractivity contribution in [2.45, 2.75) is 39.0 Å².